The summed E-state index contributed by atoms with van der Waals surface area (Å²) in [5, 5.41) is 9.18. The summed E-state index contributed by atoms with van der Waals surface area (Å²) < 4.78 is 10.6. The number of benzene rings is 1. The van der Waals surface area contributed by atoms with Gasteiger partial charge in [0.2, 0.25) is 23.5 Å². The van der Waals surface area contributed by atoms with Crippen molar-refractivity contribution in [2.75, 3.05) is 19.7 Å². The minimum absolute atomic E-state index is 0.0277. The maximum Gasteiger partial charge on any atom is 0.239 e. The molecule has 1 aromatic carbocycles. The number of hydrogen-bond donors (Lipinski definition) is 2. The Morgan fingerprint density at radius 2 is 1.88 bits per heavy atom. The zero-order chi connectivity index (χ0) is 18.8. The second kappa shape index (κ2) is 10.2. The number of carbonyl (C=O) groups is 2. The molecule has 0 bridgehead atoms. The fourth-order valence-electron chi connectivity index (χ4n) is 2.16. The van der Waals surface area contributed by atoms with Gasteiger partial charge in [0, 0.05) is 24.9 Å². The van der Waals surface area contributed by atoms with Gasteiger partial charge in [-0.05, 0) is 37.6 Å². The van der Waals surface area contributed by atoms with E-state index in [4.69, 9.17) is 9.26 Å². The van der Waals surface area contributed by atoms with Crippen LogP contribution in [0.5, 0.6) is 5.75 Å². The van der Waals surface area contributed by atoms with Gasteiger partial charge >= 0.3 is 0 Å². The van der Waals surface area contributed by atoms with E-state index in [0.29, 0.717) is 31.3 Å². The highest BCUT2D eigenvalue weighted by Gasteiger charge is 2.11. The van der Waals surface area contributed by atoms with Crippen LogP contribution in [0.3, 0.4) is 0 Å². The van der Waals surface area contributed by atoms with Crippen LogP contribution in [0.25, 0.3) is 11.4 Å². The summed E-state index contributed by atoms with van der Waals surface area (Å²) in [4.78, 5) is 27.5. The van der Waals surface area contributed by atoms with Gasteiger partial charge in [-0.15, -0.1) is 0 Å². The van der Waals surface area contributed by atoms with Crippen LogP contribution in [0.2, 0.25) is 0 Å². The monoisotopic (exact) mass is 360 g/mol. The molecule has 2 N–H and O–H groups in total. The molecule has 0 aliphatic carbocycles. The lowest BCUT2D eigenvalue weighted by Crippen LogP contribution is -2.37. The fraction of sp³-hybridized carbons (Fsp3) is 0.444. The van der Waals surface area contributed by atoms with Crippen molar-refractivity contribution < 1.29 is 18.8 Å². The van der Waals surface area contributed by atoms with Crippen LogP contribution >= 0.6 is 0 Å². The Morgan fingerprint density at radius 1 is 1.12 bits per heavy atom. The molecule has 0 fully saturated rings. The molecule has 0 spiro atoms. The van der Waals surface area contributed by atoms with E-state index in [1.807, 2.05) is 38.1 Å². The van der Waals surface area contributed by atoms with Crippen LogP contribution in [-0.2, 0) is 16.0 Å². The highest BCUT2D eigenvalue weighted by Crippen LogP contribution is 2.20. The summed E-state index contributed by atoms with van der Waals surface area (Å²) in [6.45, 7) is 5.07. The molecule has 0 aliphatic heterocycles. The standard InChI is InChI=1S/C18H24N4O4/c1-3-11-19-16(24)12-20-15(23)9-10-17-21-18(22-26-17)13-5-7-14(8-6-13)25-4-2/h5-8H,3-4,9-12H2,1-2H3,(H,19,24)(H,20,23). The Labute approximate surface area is 152 Å². The minimum atomic E-state index is -0.238. The van der Waals surface area contributed by atoms with Crippen molar-refractivity contribution in [1.29, 1.82) is 0 Å². The van der Waals surface area contributed by atoms with Crippen molar-refractivity contribution in [2.24, 2.45) is 0 Å². The lowest BCUT2D eigenvalue weighted by molar-refractivity contribution is -0.126. The van der Waals surface area contributed by atoms with Crippen molar-refractivity contribution in [3.05, 3.63) is 30.2 Å². The Bertz CT molecular complexity index is 712. The lowest BCUT2D eigenvalue weighted by Gasteiger charge is -2.05. The number of nitrogens with one attached hydrogen (secondary N) is 2. The second-order valence-corrected chi connectivity index (χ2v) is 5.60. The summed E-state index contributed by atoms with van der Waals surface area (Å²) in [6.07, 6.45) is 1.34. The third kappa shape index (κ3) is 6.19. The van der Waals surface area contributed by atoms with Gasteiger partial charge in [-0.25, -0.2) is 0 Å². The van der Waals surface area contributed by atoms with Crippen molar-refractivity contribution in [2.45, 2.75) is 33.1 Å². The molecule has 1 heterocycles. The fourth-order valence-corrected chi connectivity index (χ4v) is 2.16. The van der Waals surface area contributed by atoms with Crippen LogP contribution in [-0.4, -0.2) is 41.7 Å². The van der Waals surface area contributed by atoms with Crippen LogP contribution < -0.4 is 15.4 Å². The summed E-state index contributed by atoms with van der Waals surface area (Å²) in [7, 11) is 0. The van der Waals surface area contributed by atoms with Crippen molar-refractivity contribution >= 4 is 11.8 Å². The number of rotatable bonds is 10. The molecular formula is C18H24N4O4. The molecule has 0 atom stereocenters. The van der Waals surface area contributed by atoms with Gasteiger partial charge in [0.05, 0.1) is 13.2 Å². The van der Waals surface area contributed by atoms with E-state index in [2.05, 4.69) is 20.8 Å². The van der Waals surface area contributed by atoms with Crippen LogP contribution in [0.4, 0.5) is 0 Å². The second-order valence-electron chi connectivity index (χ2n) is 5.60. The van der Waals surface area contributed by atoms with Crippen molar-refractivity contribution in [3.63, 3.8) is 0 Å². The maximum absolute atomic E-state index is 11.8. The van der Waals surface area contributed by atoms with Gasteiger partial charge in [0.1, 0.15) is 5.75 Å². The van der Waals surface area contributed by atoms with E-state index < -0.39 is 0 Å². The predicted octanol–water partition coefficient (Wildman–Crippen LogP) is 1.71. The summed E-state index contributed by atoms with van der Waals surface area (Å²) in [5.74, 6) is 1.18. The molecule has 26 heavy (non-hydrogen) atoms. The number of ether oxygens (including phenoxy) is 1. The summed E-state index contributed by atoms with van der Waals surface area (Å²) >= 11 is 0. The summed E-state index contributed by atoms with van der Waals surface area (Å²) in [5.41, 5.74) is 0.806. The zero-order valence-electron chi connectivity index (χ0n) is 15.1. The van der Waals surface area contributed by atoms with E-state index in [1.165, 1.54) is 0 Å². The SMILES string of the molecule is CCCNC(=O)CNC(=O)CCc1nc(-c2ccc(OCC)cc2)no1. The first-order valence-electron chi connectivity index (χ1n) is 8.71. The topological polar surface area (TPSA) is 106 Å². The molecule has 0 saturated heterocycles. The molecule has 8 heteroatoms. The first-order valence-corrected chi connectivity index (χ1v) is 8.71. The first-order chi connectivity index (χ1) is 12.6. The van der Waals surface area contributed by atoms with E-state index in [9.17, 15) is 9.59 Å². The Balaban J connectivity index is 1.79. The first kappa shape index (κ1) is 19.4. The smallest absolute Gasteiger partial charge is 0.239 e. The molecule has 140 valence electrons. The maximum atomic E-state index is 11.8. The highest BCUT2D eigenvalue weighted by molar-refractivity contribution is 5.84. The number of hydrogen-bond acceptors (Lipinski definition) is 6. The molecule has 0 saturated carbocycles. The number of carbonyl (C=O) groups excluding carboxylic acids is 2. The number of amides is 2. The minimum Gasteiger partial charge on any atom is -0.494 e. The normalized spacial score (nSPS) is 10.4. The molecule has 2 amide bonds. The van der Waals surface area contributed by atoms with Gasteiger partial charge in [-0.2, -0.15) is 4.98 Å². The number of aryl methyl sites for hydroxylation is 1. The molecular weight excluding hydrogens is 336 g/mol. The van der Waals surface area contributed by atoms with E-state index in [-0.39, 0.29) is 24.8 Å². The Morgan fingerprint density at radius 3 is 2.58 bits per heavy atom. The molecule has 1 aromatic heterocycles. The highest BCUT2D eigenvalue weighted by atomic mass is 16.5. The Kier molecular flexibility index (Phi) is 7.60. The van der Waals surface area contributed by atoms with Gasteiger partial charge < -0.3 is 19.9 Å². The van der Waals surface area contributed by atoms with Crippen LogP contribution in [0.1, 0.15) is 32.6 Å². The van der Waals surface area contributed by atoms with E-state index in [0.717, 1.165) is 17.7 Å². The largest absolute Gasteiger partial charge is 0.494 e. The van der Waals surface area contributed by atoms with Gasteiger partial charge in [0.15, 0.2) is 0 Å². The lowest BCUT2D eigenvalue weighted by atomic mass is 10.2. The van der Waals surface area contributed by atoms with E-state index in [1.54, 1.807) is 0 Å². The van der Waals surface area contributed by atoms with Crippen molar-refractivity contribution in [1.82, 2.24) is 20.8 Å². The molecule has 8 nitrogen and oxygen atoms in total. The van der Waals surface area contributed by atoms with Crippen molar-refractivity contribution in [3.8, 4) is 17.1 Å². The van der Waals surface area contributed by atoms with Gasteiger partial charge in [0.25, 0.3) is 0 Å². The van der Waals surface area contributed by atoms with Crippen LogP contribution in [0.15, 0.2) is 28.8 Å². The average molecular weight is 360 g/mol. The van der Waals surface area contributed by atoms with Gasteiger partial charge in [-0.3, -0.25) is 9.59 Å². The third-order valence-electron chi connectivity index (χ3n) is 3.48. The quantitative estimate of drug-likeness (QED) is 0.668. The van der Waals surface area contributed by atoms with Crippen LogP contribution in [0, 0.1) is 0 Å². The number of aromatic nitrogens is 2. The third-order valence-corrected chi connectivity index (χ3v) is 3.48. The Hall–Kier alpha value is -2.90. The molecule has 0 radical (unpaired) electrons. The average Bonchev–Trinajstić information content (AvgIpc) is 3.13. The summed E-state index contributed by atoms with van der Waals surface area (Å²) in [6, 6.07) is 7.38. The molecule has 2 rings (SSSR count). The predicted molar refractivity (Wildman–Crippen MR) is 95.5 cm³/mol. The molecule has 0 aliphatic rings. The van der Waals surface area contributed by atoms with E-state index >= 15 is 0 Å². The number of nitrogens with zero attached hydrogens (tertiary/aromatic N) is 2. The molecule has 0 unspecified atom stereocenters. The van der Waals surface area contributed by atoms with Gasteiger partial charge in [-0.1, -0.05) is 12.1 Å². The molecule has 2 aromatic rings. The zero-order valence-corrected chi connectivity index (χ0v) is 15.1.